The molecule has 2 N–H and O–H groups in total. The van der Waals surface area contributed by atoms with E-state index in [1.54, 1.807) is 24.3 Å². The number of nitrogens with one attached hydrogen (secondary N) is 2. The van der Waals surface area contributed by atoms with E-state index in [0.29, 0.717) is 48.3 Å². The van der Waals surface area contributed by atoms with E-state index in [2.05, 4.69) is 27.7 Å². The Morgan fingerprint density at radius 3 is 2.75 bits per heavy atom. The molecule has 1 aliphatic heterocycles. The molecule has 8 nitrogen and oxygen atoms in total. The van der Waals surface area contributed by atoms with Gasteiger partial charge in [-0.3, -0.25) is 4.79 Å². The van der Waals surface area contributed by atoms with E-state index in [1.165, 1.54) is 6.42 Å². The maximum atomic E-state index is 12.6. The second-order valence-electron chi connectivity index (χ2n) is 7.16. The molecule has 0 radical (unpaired) electrons. The summed E-state index contributed by atoms with van der Waals surface area (Å²) in [4.78, 5) is 30.7. The van der Waals surface area contributed by atoms with Crippen molar-refractivity contribution in [3.05, 3.63) is 41.5 Å². The number of aromatic nitrogens is 2. The molecule has 0 unspecified atom stereocenters. The number of urea groups is 1. The van der Waals surface area contributed by atoms with Gasteiger partial charge in [0.2, 0.25) is 5.89 Å². The van der Waals surface area contributed by atoms with Gasteiger partial charge >= 0.3 is 6.03 Å². The molecule has 1 aliphatic rings. The van der Waals surface area contributed by atoms with Crippen molar-refractivity contribution < 1.29 is 14.1 Å². The van der Waals surface area contributed by atoms with Crippen molar-refractivity contribution in [1.29, 1.82) is 0 Å². The first kappa shape index (κ1) is 19.9. The lowest BCUT2D eigenvalue weighted by Gasteiger charge is -2.31. The van der Waals surface area contributed by atoms with Gasteiger partial charge in [0.05, 0.1) is 0 Å². The van der Waals surface area contributed by atoms with Crippen LogP contribution in [0.5, 0.6) is 0 Å². The molecule has 1 saturated heterocycles. The molecule has 3 rings (SSSR count). The Labute approximate surface area is 164 Å². The fourth-order valence-corrected chi connectivity index (χ4v) is 3.25. The first-order valence-corrected chi connectivity index (χ1v) is 9.80. The van der Waals surface area contributed by atoms with E-state index < -0.39 is 0 Å². The van der Waals surface area contributed by atoms with Crippen LogP contribution >= 0.6 is 0 Å². The lowest BCUT2D eigenvalue weighted by Crippen LogP contribution is -2.39. The Morgan fingerprint density at radius 2 is 2.07 bits per heavy atom. The first-order chi connectivity index (χ1) is 13.5. The normalized spacial score (nSPS) is 16.6. The topological polar surface area (TPSA) is 100 Å². The summed E-state index contributed by atoms with van der Waals surface area (Å²) in [7, 11) is 0. The van der Waals surface area contributed by atoms with Gasteiger partial charge in [0.15, 0.2) is 5.82 Å². The third-order valence-corrected chi connectivity index (χ3v) is 4.78. The molecule has 1 atom stereocenters. The van der Waals surface area contributed by atoms with Crippen LogP contribution in [0, 0.1) is 5.92 Å². The minimum Gasteiger partial charge on any atom is -0.339 e. The van der Waals surface area contributed by atoms with E-state index in [-0.39, 0.29) is 11.9 Å². The average Bonchev–Trinajstić information content (AvgIpc) is 3.16. The molecule has 0 bridgehead atoms. The first-order valence-electron chi connectivity index (χ1n) is 9.80. The predicted octanol–water partition coefficient (Wildman–Crippen LogP) is 2.87. The van der Waals surface area contributed by atoms with Crippen LogP contribution in [0.25, 0.3) is 0 Å². The number of hydrogen-bond acceptors (Lipinski definition) is 5. The lowest BCUT2D eigenvalue weighted by atomic mass is 9.99. The highest BCUT2D eigenvalue weighted by Gasteiger charge is 2.21. The molecular formula is C20H27N5O3. The van der Waals surface area contributed by atoms with Crippen LogP contribution in [0.3, 0.4) is 0 Å². The molecule has 8 heteroatoms. The predicted molar refractivity (Wildman–Crippen MR) is 105 cm³/mol. The van der Waals surface area contributed by atoms with Crippen molar-refractivity contribution >= 4 is 17.6 Å². The van der Waals surface area contributed by atoms with Crippen LogP contribution < -0.4 is 10.6 Å². The molecule has 0 aliphatic carbocycles. The standard InChI is InChI=1S/C20H27N5O3/c1-3-17-23-18(28-24-17)10-11-21-20(27)22-16-8-6-15(7-9-16)19(26)25-12-4-5-14(2)13-25/h6-9,14H,3-5,10-13H2,1-2H3,(H2,21,22,27)/t14-/m1/s1. The van der Waals surface area contributed by atoms with E-state index >= 15 is 0 Å². The third-order valence-electron chi connectivity index (χ3n) is 4.78. The summed E-state index contributed by atoms with van der Waals surface area (Å²) in [5, 5.41) is 9.32. The number of carbonyl (C=O) groups excluding carboxylic acids is 2. The molecule has 0 spiro atoms. The van der Waals surface area contributed by atoms with Gasteiger partial charge in [-0.2, -0.15) is 4.98 Å². The summed E-state index contributed by atoms with van der Waals surface area (Å²) < 4.78 is 5.08. The van der Waals surface area contributed by atoms with Gasteiger partial charge in [-0.25, -0.2) is 4.79 Å². The van der Waals surface area contributed by atoms with Gasteiger partial charge in [0, 0.05) is 43.7 Å². The molecule has 28 heavy (non-hydrogen) atoms. The van der Waals surface area contributed by atoms with Gasteiger partial charge in [-0.15, -0.1) is 0 Å². The van der Waals surface area contributed by atoms with Crippen molar-refractivity contribution in [2.24, 2.45) is 5.92 Å². The van der Waals surface area contributed by atoms with Crippen molar-refractivity contribution in [1.82, 2.24) is 20.4 Å². The summed E-state index contributed by atoms with van der Waals surface area (Å²) in [6.45, 7) is 6.13. The Morgan fingerprint density at radius 1 is 1.29 bits per heavy atom. The molecule has 1 aromatic heterocycles. The monoisotopic (exact) mass is 385 g/mol. The number of amides is 3. The highest BCUT2D eigenvalue weighted by Crippen LogP contribution is 2.19. The fourth-order valence-electron chi connectivity index (χ4n) is 3.25. The van der Waals surface area contributed by atoms with Gasteiger partial charge in [-0.1, -0.05) is 19.0 Å². The van der Waals surface area contributed by atoms with Crippen LogP contribution in [-0.4, -0.2) is 46.6 Å². The highest BCUT2D eigenvalue weighted by molar-refractivity contribution is 5.95. The summed E-state index contributed by atoms with van der Waals surface area (Å²) in [6, 6.07) is 6.67. The second kappa shape index (κ2) is 9.34. The third kappa shape index (κ3) is 5.31. The minimum atomic E-state index is -0.320. The van der Waals surface area contributed by atoms with E-state index in [4.69, 9.17) is 4.52 Å². The zero-order chi connectivity index (χ0) is 19.9. The Bertz CT molecular complexity index is 802. The molecule has 1 aromatic carbocycles. The largest absolute Gasteiger partial charge is 0.339 e. The van der Waals surface area contributed by atoms with Crippen LogP contribution in [0.15, 0.2) is 28.8 Å². The number of aryl methyl sites for hydroxylation is 1. The number of rotatable bonds is 6. The highest BCUT2D eigenvalue weighted by atomic mass is 16.5. The van der Waals surface area contributed by atoms with Crippen LogP contribution in [0.2, 0.25) is 0 Å². The van der Waals surface area contributed by atoms with Gasteiger partial charge < -0.3 is 20.1 Å². The zero-order valence-electron chi connectivity index (χ0n) is 16.4. The Balaban J connectivity index is 1.45. The molecule has 2 heterocycles. The van der Waals surface area contributed by atoms with Crippen molar-refractivity contribution in [2.75, 3.05) is 25.0 Å². The molecule has 0 saturated carbocycles. The Hall–Kier alpha value is -2.90. The van der Waals surface area contributed by atoms with Gasteiger partial charge in [0.25, 0.3) is 5.91 Å². The maximum Gasteiger partial charge on any atom is 0.319 e. The van der Waals surface area contributed by atoms with E-state index in [1.807, 2.05) is 11.8 Å². The smallest absolute Gasteiger partial charge is 0.319 e. The van der Waals surface area contributed by atoms with Crippen LogP contribution in [0.4, 0.5) is 10.5 Å². The number of likely N-dealkylation sites (tertiary alicyclic amines) is 1. The van der Waals surface area contributed by atoms with Crippen LogP contribution in [0.1, 0.15) is 48.8 Å². The number of piperidine rings is 1. The van der Waals surface area contributed by atoms with Crippen molar-refractivity contribution in [3.8, 4) is 0 Å². The van der Waals surface area contributed by atoms with Crippen LogP contribution in [-0.2, 0) is 12.8 Å². The van der Waals surface area contributed by atoms with E-state index in [9.17, 15) is 9.59 Å². The summed E-state index contributed by atoms with van der Waals surface area (Å²) in [5.41, 5.74) is 1.27. The Kier molecular flexibility index (Phi) is 6.62. The molecule has 1 fully saturated rings. The summed E-state index contributed by atoms with van der Waals surface area (Å²) in [6.07, 6.45) is 3.42. The molecule has 2 aromatic rings. The molecule has 3 amide bonds. The quantitative estimate of drug-likeness (QED) is 0.796. The minimum absolute atomic E-state index is 0.0496. The number of anilines is 1. The number of benzene rings is 1. The number of nitrogens with zero attached hydrogens (tertiary/aromatic N) is 3. The number of carbonyl (C=O) groups is 2. The van der Waals surface area contributed by atoms with Crippen molar-refractivity contribution in [2.45, 2.75) is 39.5 Å². The lowest BCUT2D eigenvalue weighted by molar-refractivity contribution is 0.0683. The van der Waals surface area contributed by atoms with Gasteiger partial charge in [0.1, 0.15) is 0 Å². The molecular weight excluding hydrogens is 358 g/mol. The summed E-state index contributed by atoms with van der Waals surface area (Å²) >= 11 is 0. The average molecular weight is 385 g/mol. The number of hydrogen-bond donors (Lipinski definition) is 2. The van der Waals surface area contributed by atoms with E-state index in [0.717, 1.165) is 19.5 Å². The maximum absolute atomic E-state index is 12.6. The summed E-state index contributed by atoms with van der Waals surface area (Å²) in [5.74, 6) is 1.76. The van der Waals surface area contributed by atoms with Gasteiger partial charge in [-0.05, 0) is 43.0 Å². The second-order valence-corrected chi connectivity index (χ2v) is 7.16. The fraction of sp³-hybridized carbons (Fsp3) is 0.500. The zero-order valence-corrected chi connectivity index (χ0v) is 16.4. The van der Waals surface area contributed by atoms with Crippen molar-refractivity contribution in [3.63, 3.8) is 0 Å². The molecule has 150 valence electrons. The SMILES string of the molecule is CCc1noc(CCNC(=O)Nc2ccc(C(=O)N3CCC[C@@H](C)C3)cc2)n1.